The minimum atomic E-state index is -0.524. The highest BCUT2D eigenvalue weighted by Gasteiger charge is 2.11. The second-order valence-electron chi connectivity index (χ2n) is 6.12. The van der Waals surface area contributed by atoms with Gasteiger partial charge in [-0.2, -0.15) is 0 Å². The molecule has 0 radical (unpaired) electrons. The summed E-state index contributed by atoms with van der Waals surface area (Å²) in [6.45, 7) is 7.31. The molecule has 0 heterocycles. The number of nitro benzene ring substituents is 1. The Bertz CT molecular complexity index is 832. The van der Waals surface area contributed by atoms with E-state index in [2.05, 4.69) is 29.4 Å². The average molecular weight is 384 g/mol. The molecule has 148 valence electrons. The molecule has 2 aromatic carbocycles. The molecule has 0 aliphatic heterocycles. The fourth-order valence-electron chi connectivity index (χ4n) is 2.65. The van der Waals surface area contributed by atoms with Crippen molar-refractivity contribution in [2.45, 2.75) is 13.8 Å². The van der Waals surface area contributed by atoms with Crippen molar-refractivity contribution in [3.63, 3.8) is 0 Å². The predicted molar refractivity (Wildman–Crippen MR) is 108 cm³/mol. The van der Waals surface area contributed by atoms with E-state index < -0.39 is 10.8 Å². The maximum absolute atomic E-state index is 12.3. The second kappa shape index (κ2) is 10.2. The van der Waals surface area contributed by atoms with Crippen LogP contribution in [-0.4, -0.2) is 47.8 Å². The van der Waals surface area contributed by atoms with Gasteiger partial charge in [-0.25, -0.2) is 0 Å². The Hall–Kier alpha value is -3.26. The molecular formula is C20H24N4O4. The molecule has 0 aromatic heterocycles. The van der Waals surface area contributed by atoms with Crippen LogP contribution in [0.1, 0.15) is 34.6 Å². The van der Waals surface area contributed by atoms with Crippen LogP contribution in [0.15, 0.2) is 48.5 Å². The van der Waals surface area contributed by atoms with Crippen molar-refractivity contribution in [1.82, 2.24) is 10.2 Å². The molecule has 2 rings (SSSR count). The zero-order valence-electron chi connectivity index (χ0n) is 16.0. The number of hydrogen-bond donors (Lipinski definition) is 2. The summed E-state index contributed by atoms with van der Waals surface area (Å²) in [5.41, 5.74) is 1.13. The summed E-state index contributed by atoms with van der Waals surface area (Å²) in [5.74, 6) is -0.618. The number of nitrogens with one attached hydrogen (secondary N) is 2. The van der Waals surface area contributed by atoms with Crippen LogP contribution in [0.4, 0.5) is 11.4 Å². The van der Waals surface area contributed by atoms with Crippen LogP contribution in [0.25, 0.3) is 0 Å². The number of likely N-dealkylation sites (N-methyl/N-ethyl adjacent to an activating group) is 1. The normalized spacial score (nSPS) is 10.5. The molecule has 8 heteroatoms. The third kappa shape index (κ3) is 5.88. The summed E-state index contributed by atoms with van der Waals surface area (Å²) in [7, 11) is 0. The molecule has 0 saturated heterocycles. The van der Waals surface area contributed by atoms with Crippen LogP contribution in [0, 0.1) is 10.1 Å². The molecule has 8 nitrogen and oxygen atoms in total. The van der Waals surface area contributed by atoms with Gasteiger partial charge in [-0.15, -0.1) is 0 Å². The number of non-ortho nitro benzene ring substituents is 1. The predicted octanol–water partition coefficient (Wildman–Crippen LogP) is 2.92. The van der Waals surface area contributed by atoms with Crippen molar-refractivity contribution in [3.05, 3.63) is 69.8 Å². The number of nitro groups is 1. The molecule has 0 bridgehead atoms. The summed E-state index contributed by atoms with van der Waals surface area (Å²) in [6.07, 6.45) is 0. The molecular weight excluding hydrogens is 360 g/mol. The lowest BCUT2D eigenvalue weighted by Gasteiger charge is -2.18. The first-order chi connectivity index (χ1) is 13.4. The SMILES string of the molecule is CCN(CC)CCNC(=O)c1cccc(NC(=O)c2ccc([N+](=O)[O-])cc2)c1. The van der Waals surface area contributed by atoms with E-state index in [-0.39, 0.29) is 11.6 Å². The zero-order chi connectivity index (χ0) is 20.5. The van der Waals surface area contributed by atoms with E-state index in [1.165, 1.54) is 24.3 Å². The lowest BCUT2D eigenvalue weighted by atomic mass is 10.1. The summed E-state index contributed by atoms with van der Waals surface area (Å²) in [6, 6.07) is 11.9. The van der Waals surface area contributed by atoms with E-state index in [1.807, 2.05) is 0 Å². The van der Waals surface area contributed by atoms with Gasteiger partial charge in [-0.3, -0.25) is 19.7 Å². The van der Waals surface area contributed by atoms with Crippen molar-refractivity contribution in [1.29, 1.82) is 0 Å². The molecule has 2 N–H and O–H groups in total. The third-order valence-electron chi connectivity index (χ3n) is 4.33. The smallest absolute Gasteiger partial charge is 0.269 e. The number of amides is 2. The maximum atomic E-state index is 12.3. The Morgan fingerprint density at radius 2 is 1.68 bits per heavy atom. The Morgan fingerprint density at radius 1 is 1.00 bits per heavy atom. The van der Waals surface area contributed by atoms with Crippen molar-refractivity contribution < 1.29 is 14.5 Å². The number of benzene rings is 2. The molecule has 0 saturated carbocycles. The van der Waals surface area contributed by atoms with Gasteiger partial charge >= 0.3 is 0 Å². The third-order valence-corrected chi connectivity index (χ3v) is 4.33. The standard InChI is InChI=1S/C20H24N4O4/c1-3-23(4-2)13-12-21-19(25)16-6-5-7-17(14-16)22-20(26)15-8-10-18(11-9-15)24(27)28/h5-11,14H,3-4,12-13H2,1-2H3,(H,21,25)(H,22,26). The van der Waals surface area contributed by atoms with E-state index in [0.29, 0.717) is 23.4 Å². The van der Waals surface area contributed by atoms with Gasteiger partial charge in [0.05, 0.1) is 4.92 Å². The number of anilines is 1. The van der Waals surface area contributed by atoms with E-state index in [4.69, 9.17) is 0 Å². The van der Waals surface area contributed by atoms with Crippen LogP contribution in [-0.2, 0) is 0 Å². The van der Waals surface area contributed by atoms with Gasteiger partial charge < -0.3 is 15.5 Å². The zero-order valence-corrected chi connectivity index (χ0v) is 16.0. The lowest BCUT2D eigenvalue weighted by molar-refractivity contribution is -0.384. The van der Waals surface area contributed by atoms with Crippen molar-refractivity contribution in [3.8, 4) is 0 Å². The van der Waals surface area contributed by atoms with Gasteiger partial charge in [0.25, 0.3) is 17.5 Å². The second-order valence-corrected chi connectivity index (χ2v) is 6.12. The number of hydrogen-bond acceptors (Lipinski definition) is 5. The monoisotopic (exact) mass is 384 g/mol. The summed E-state index contributed by atoms with van der Waals surface area (Å²) < 4.78 is 0. The highest BCUT2D eigenvalue weighted by atomic mass is 16.6. The van der Waals surface area contributed by atoms with Gasteiger partial charge in [0.1, 0.15) is 0 Å². The Labute approximate surface area is 163 Å². The molecule has 0 atom stereocenters. The molecule has 2 amide bonds. The van der Waals surface area contributed by atoms with E-state index in [1.54, 1.807) is 24.3 Å². The van der Waals surface area contributed by atoms with Crippen LogP contribution in [0.3, 0.4) is 0 Å². The van der Waals surface area contributed by atoms with E-state index in [0.717, 1.165) is 19.6 Å². The number of carbonyl (C=O) groups is 2. The van der Waals surface area contributed by atoms with Crippen LogP contribution in [0.5, 0.6) is 0 Å². The highest BCUT2D eigenvalue weighted by Crippen LogP contribution is 2.15. The van der Waals surface area contributed by atoms with Crippen molar-refractivity contribution in [2.24, 2.45) is 0 Å². The van der Waals surface area contributed by atoms with Gasteiger partial charge in [0.15, 0.2) is 0 Å². The number of nitrogens with zero attached hydrogens (tertiary/aromatic N) is 2. The van der Waals surface area contributed by atoms with Crippen molar-refractivity contribution >= 4 is 23.2 Å². The van der Waals surface area contributed by atoms with Crippen LogP contribution >= 0.6 is 0 Å². The topological polar surface area (TPSA) is 105 Å². The molecule has 0 aliphatic rings. The quantitative estimate of drug-likeness (QED) is 0.511. The molecule has 0 aliphatic carbocycles. The van der Waals surface area contributed by atoms with Gasteiger partial charge in [0.2, 0.25) is 0 Å². The molecule has 0 fully saturated rings. The van der Waals surface area contributed by atoms with Gasteiger partial charge in [-0.05, 0) is 43.4 Å². The average Bonchev–Trinajstić information content (AvgIpc) is 2.71. The molecule has 0 spiro atoms. The molecule has 28 heavy (non-hydrogen) atoms. The molecule has 2 aromatic rings. The minimum absolute atomic E-state index is 0.0834. The Balaban J connectivity index is 1.97. The van der Waals surface area contributed by atoms with E-state index >= 15 is 0 Å². The van der Waals surface area contributed by atoms with E-state index in [9.17, 15) is 19.7 Å². The largest absolute Gasteiger partial charge is 0.351 e. The summed E-state index contributed by atoms with van der Waals surface area (Å²) in [5, 5.41) is 16.3. The minimum Gasteiger partial charge on any atom is -0.351 e. The highest BCUT2D eigenvalue weighted by molar-refractivity contribution is 6.05. The fraction of sp³-hybridized carbons (Fsp3) is 0.300. The summed E-state index contributed by atoms with van der Waals surface area (Å²) >= 11 is 0. The Morgan fingerprint density at radius 3 is 2.29 bits per heavy atom. The first kappa shape index (κ1) is 21.0. The number of rotatable bonds is 9. The van der Waals surface area contributed by atoms with Gasteiger partial charge in [-0.1, -0.05) is 19.9 Å². The first-order valence-corrected chi connectivity index (χ1v) is 9.11. The van der Waals surface area contributed by atoms with Crippen LogP contribution in [0.2, 0.25) is 0 Å². The van der Waals surface area contributed by atoms with Crippen LogP contribution < -0.4 is 10.6 Å². The maximum Gasteiger partial charge on any atom is 0.269 e. The first-order valence-electron chi connectivity index (χ1n) is 9.11. The summed E-state index contributed by atoms with van der Waals surface area (Å²) in [4.78, 5) is 37.0. The molecule has 0 unspecified atom stereocenters. The lowest BCUT2D eigenvalue weighted by Crippen LogP contribution is -2.34. The fourth-order valence-corrected chi connectivity index (χ4v) is 2.65. The Kier molecular flexibility index (Phi) is 7.65. The van der Waals surface area contributed by atoms with Gasteiger partial charge in [0, 0.05) is 42.0 Å². The van der Waals surface area contributed by atoms with Crippen molar-refractivity contribution in [2.75, 3.05) is 31.5 Å². The number of carbonyl (C=O) groups excluding carboxylic acids is 2.